The van der Waals surface area contributed by atoms with Crippen molar-refractivity contribution >= 4 is 56.0 Å². The fraction of sp³-hybridized carbons (Fsp3) is 0.100. The Morgan fingerprint density at radius 1 is 1.21 bits per heavy atom. The van der Waals surface area contributed by atoms with Crippen LogP contribution >= 0.6 is 34.7 Å². The Balaban J connectivity index is 1.49. The predicted octanol–water partition coefficient (Wildman–Crippen LogP) is 5.73. The van der Waals surface area contributed by atoms with Crippen molar-refractivity contribution in [3.05, 3.63) is 76.3 Å². The first-order valence-electron chi connectivity index (χ1n) is 8.56. The molecule has 29 heavy (non-hydrogen) atoms. The lowest BCUT2D eigenvalue weighted by molar-refractivity contribution is 0.102. The molecule has 0 saturated carbocycles. The Labute approximate surface area is 179 Å². The van der Waals surface area contributed by atoms with E-state index < -0.39 is 5.91 Å². The lowest BCUT2D eigenvalue weighted by atomic mass is 10.2. The first-order valence-corrected chi connectivity index (χ1v) is 10.7. The molecule has 5 nitrogen and oxygen atoms in total. The van der Waals surface area contributed by atoms with Crippen molar-refractivity contribution in [3.63, 3.8) is 0 Å². The van der Waals surface area contributed by atoms with Gasteiger partial charge in [0.15, 0.2) is 16.0 Å². The zero-order chi connectivity index (χ0) is 20.4. The van der Waals surface area contributed by atoms with Gasteiger partial charge in [0.25, 0.3) is 5.91 Å². The van der Waals surface area contributed by atoms with E-state index in [0.29, 0.717) is 26.3 Å². The normalized spacial score (nSPS) is 11.0. The van der Waals surface area contributed by atoms with E-state index in [1.165, 1.54) is 47.0 Å². The van der Waals surface area contributed by atoms with Gasteiger partial charge in [-0.1, -0.05) is 64.5 Å². The number of anilines is 1. The quantitative estimate of drug-likeness (QED) is 0.314. The number of halogens is 2. The van der Waals surface area contributed by atoms with Crippen molar-refractivity contribution in [1.29, 1.82) is 0 Å². The number of thiazole rings is 1. The van der Waals surface area contributed by atoms with E-state index in [-0.39, 0.29) is 16.5 Å². The average molecular weight is 445 g/mol. The monoisotopic (exact) mass is 444 g/mol. The van der Waals surface area contributed by atoms with E-state index in [1.807, 2.05) is 31.2 Å². The molecule has 0 fully saturated rings. The van der Waals surface area contributed by atoms with Crippen molar-refractivity contribution in [3.8, 4) is 0 Å². The van der Waals surface area contributed by atoms with E-state index in [2.05, 4.69) is 20.3 Å². The summed E-state index contributed by atoms with van der Waals surface area (Å²) in [5.74, 6) is -0.172. The van der Waals surface area contributed by atoms with E-state index in [4.69, 9.17) is 11.6 Å². The number of rotatable bonds is 5. The number of nitrogens with zero attached hydrogens (tertiary/aromatic N) is 3. The van der Waals surface area contributed by atoms with Crippen LogP contribution in [0.15, 0.2) is 53.8 Å². The van der Waals surface area contributed by atoms with Gasteiger partial charge in [0.2, 0.25) is 0 Å². The van der Waals surface area contributed by atoms with Crippen molar-refractivity contribution in [2.45, 2.75) is 17.8 Å². The minimum atomic E-state index is -0.492. The zero-order valence-electron chi connectivity index (χ0n) is 15.1. The van der Waals surface area contributed by atoms with Gasteiger partial charge in [-0.25, -0.2) is 19.3 Å². The number of nitrogens with one attached hydrogen (secondary N) is 1. The number of benzene rings is 2. The predicted molar refractivity (Wildman–Crippen MR) is 115 cm³/mol. The van der Waals surface area contributed by atoms with Crippen LogP contribution in [0.5, 0.6) is 0 Å². The number of aryl methyl sites for hydroxylation is 1. The fourth-order valence-corrected chi connectivity index (χ4v) is 4.35. The summed E-state index contributed by atoms with van der Waals surface area (Å²) in [4.78, 5) is 25.4. The maximum Gasteiger partial charge on any atom is 0.277 e. The summed E-state index contributed by atoms with van der Waals surface area (Å²) >= 11 is 8.72. The summed E-state index contributed by atoms with van der Waals surface area (Å²) in [6.45, 7) is 2.03. The van der Waals surface area contributed by atoms with E-state index in [9.17, 15) is 9.18 Å². The molecule has 0 bridgehead atoms. The van der Waals surface area contributed by atoms with Crippen molar-refractivity contribution < 1.29 is 9.18 Å². The lowest BCUT2D eigenvalue weighted by Gasteiger charge is -2.06. The van der Waals surface area contributed by atoms with Crippen LogP contribution < -0.4 is 5.32 Å². The number of carbonyl (C=O) groups excluding carboxylic acids is 1. The van der Waals surface area contributed by atoms with Gasteiger partial charge in [0.05, 0.1) is 21.4 Å². The molecule has 2 aromatic carbocycles. The third kappa shape index (κ3) is 4.72. The number of carbonyl (C=O) groups is 1. The number of amides is 1. The first-order chi connectivity index (χ1) is 14.0. The highest BCUT2D eigenvalue weighted by Gasteiger charge is 2.17. The number of hydrogen-bond acceptors (Lipinski definition) is 6. The van der Waals surface area contributed by atoms with E-state index >= 15 is 0 Å². The zero-order valence-corrected chi connectivity index (χ0v) is 17.5. The van der Waals surface area contributed by atoms with E-state index in [1.54, 1.807) is 6.07 Å². The molecule has 4 rings (SSSR count). The second-order valence-electron chi connectivity index (χ2n) is 6.21. The minimum Gasteiger partial charge on any atom is -0.296 e. The fourth-order valence-electron chi connectivity index (χ4n) is 2.52. The summed E-state index contributed by atoms with van der Waals surface area (Å²) in [6, 6.07) is 12.4. The Bertz CT molecular complexity index is 1200. The third-order valence-corrected chi connectivity index (χ3v) is 6.14. The maximum atomic E-state index is 13.3. The molecule has 0 aliphatic rings. The molecule has 0 atom stereocenters. The van der Waals surface area contributed by atoms with Gasteiger partial charge in [0, 0.05) is 5.75 Å². The molecular formula is C20H14ClFN4OS2. The number of fused-ring (bicyclic) bond motifs is 1. The molecule has 1 N–H and O–H groups in total. The van der Waals surface area contributed by atoms with Gasteiger partial charge in [-0.3, -0.25) is 10.1 Å². The summed E-state index contributed by atoms with van der Waals surface area (Å²) in [5, 5.41) is 3.62. The number of aromatic nitrogens is 3. The SMILES string of the molecule is Cc1ccc(CSc2ncc(Cl)c(C(=O)Nc3nc4ccc(F)cc4s3)n2)cc1. The molecule has 0 unspecified atom stereocenters. The molecule has 9 heteroatoms. The van der Waals surface area contributed by atoms with Gasteiger partial charge in [0.1, 0.15) is 5.82 Å². The van der Waals surface area contributed by atoms with Gasteiger partial charge in [-0.2, -0.15) is 0 Å². The molecule has 2 aromatic heterocycles. The highest BCUT2D eigenvalue weighted by atomic mass is 35.5. The summed E-state index contributed by atoms with van der Waals surface area (Å²) in [7, 11) is 0. The molecule has 0 saturated heterocycles. The third-order valence-electron chi connectivity index (χ3n) is 4.00. The van der Waals surface area contributed by atoms with Crippen LogP contribution in [0.2, 0.25) is 5.02 Å². The Morgan fingerprint density at radius 2 is 2.00 bits per heavy atom. The van der Waals surface area contributed by atoms with Gasteiger partial charge < -0.3 is 0 Å². The van der Waals surface area contributed by atoms with Crippen LogP contribution in [0.3, 0.4) is 0 Å². The van der Waals surface area contributed by atoms with Gasteiger partial charge in [-0.05, 0) is 30.7 Å². The molecule has 4 aromatic rings. The van der Waals surface area contributed by atoms with Crippen LogP contribution in [-0.2, 0) is 5.75 Å². The molecule has 0 aliphatic carbocycles. The Morgan fingerprint density at radius 3 is 2.79 bits per heavy atom. The Hall–Kier alpha value is -2.55. The molecule has 0 radical (unpaired) electrons. The van der Waals surface area contributed by atoms with Crippen LogP contribution in [0.4, 0.5) is 9.52 Å². The smallest absolute Gasteiger partial charge is 0.277 e. The summed E-state index contributed by atoms with van der Waals surface area (Å²) in [5.41, 5.74) is 3.00. The topological polar surface area (TPSA) is 67.8 Å². The van der Waals surface area contributed by atoms with Crippen LogP contribution in [0.25, 0.3) is 10.2 Å². The van der Waals surface area contributed by atoms with Crippen molar-refractivity contribution in [2.75, 3.05) is 5.32 Å². The van der Waals surface area contributed by atoms with E-state index in [0.717, 1.165) is 5.56 Å². The van der Waals surface area contributed by atoms with Crippen LogP contribution in [0.1, 0.15) is 21.6 Å². The summed E-state index contributed by atoms with van der Waals surface area (Å²) in [6.07, 6.45) is 1.41. The number of thioether (sulfide) groups is 1. The highest BCUT2D eigenvalue weighted by Crippen LogP contribution is 2.28. The van der Waals surface area contributed by atoms with Crippen LogP contribution in [0, 0.1) is 12.7 Å². The number of hydrogen-bond donors (Lipinski definition) is 1. The largest absolute Gasteiger partial charge is 0.296 e. The van der Waals surface area contributed by atoms with Crippen LogP contribution in [-0.4, -0.2) is 20.9 Å². The molecule has 0 aliphatic heterocycles. The maximum absolute atomic E-state index is 13.3. The molecule has 1 amide bonds. The highest BCUT2D eigenvalue weighted by molar-refractivity contribution is 7.98. The molecule has 2 heterocycles. The first kappa shape index (κ1) is 19.8. The molecular weight excluding hydrogens is 431 g/mol. The van der Waals surface area contributed by atoms with Crippen molar-refractivity contribution in [1.82, 2.24) is 15.0 Å². The van der Waals surface area contributed by atoms with Gasteiger partial charge >= 0.3 is 0 Å². The van der Waals surface area contributed by atoms with Gasteiger partial charge in [-0.15, -0.1) is 0 Å². The summed E-state index contributed by atoms with van der Waals surface area (Å²) < 4.78 is 14.0. The molecule has 0 spiro atoms. The standard InChI is InChI=1S/C20H14ClFN4OS2/c1-11-2-4-12(5-3-11)10-28-19-23-9-14(21)17(25-19)18(27)26-20-24-15-7-6-13(22)8-16(15)29-20/h2-9H,10H2,1H3,(H,24,26,27). The van der Waals surface area contributed by atoms with Crippen molar-refractivity contribution in [2.24, 2.45) is 0 Å². The molecule has 146 valence electrons. The second kappa shape index (κ2) is 8.44. The average Bonchev–Trinajstić information content (AvgIpc) is 3.09. The lowest BCUT2D eigenvalue weighted by Crippen LogP contribution is -2.15. The Kier molecular flexibility index (Phi) is 5.75. The second-order valence-corrected chi connectivity index (χ2v) is 8.59. The minimum absolute atomic E-state index is 0.0681.